The number of phenolic OH excluding ortho intramolecular Hbond substituents is 9. The van der Waals surface area contributed by atoms with E-state index in [1.54, 1.807) is 0 Å². The van der Waals surface area contributed by atoms with Crippen LogP contribution in [0.2, 0.25) is 0 Å². The van der Waals surface area contributed by atoms with Crippen molar-refractivity contribution in [2.45, 2.75) is 49.1 Å². The second-order valence-corrected chi connectivity index (χ2v) is 13.5. The van der Waals surface area contributed by atoms with E-state index in [1.165, 1.54) is 42.5 Å². The van der Waals surface area contributed by atoms with Crippen molar-refractivity contribution in [1.82, 2.24) is 0 Å². The van der Waals surface area contributed by atoms with Crippen molar-refractivity contribution in [3.05, 3.63) is 106 Å². The normalized spacial score (nSPS) is 22.9. The maximum atomic E-state index is 12.9. The van der Waals surface area contributed by atoms with E-state index in [0.29, 0.717) is 5.56 Å². The minimum Gasteiger partial charge on any atom is -0.507 e. The molecule has 278 valence electrons. The van der Waals surface area contributed by atoms with E-state index in [4.69, 9.17) is 14.2 Å². The molecular formula is C39H32O15. The van der Waals surface area contributed by atoms with Crippen LogP contribution in [-0.4, -0.2) is 74.3 Å². The fourth-order valence-corrected chi connectivity index (χ4v) is 7.66. The van der Waals surface area contributed by atoms with Gasteiger partial charge in [-0.2, -0.15) is 0 Å². The van der Waals surface area contributed by atoms with Gasteiger partial charge in [0.25, 0.3) is 0 Å². The molecule has 0 fully saturated rings. The predicted molar refractivity (Wildman–Crippen MR) is 184 cm³/mol. The molecule has 8 rings (SSSR count). The van der Waals surface area contributed by atoms with Gasteiger partial charge in [0.2, 0.25) is 0 Å². The Balaban J connectivity index is 1.39. The third-order valence-electron chi connectivity index (χ3n) is 10.2. The van der Waals surface area contributed by atoms with Gasteiger partial charge in [-0.3, -0.25) is 4.79 Å². The summed E-state index contributed by atoms with van der Waals surface area (Å²) in [6.07, 6.45) is -6.28. The van der Waals surface area contributed by atoms with Gasteiger partial charge in [0.1, 0.15) is 46.7 Å². The highest BCUT2D eigenvalue weighted by molar-refractivity contribution is 5.81. The molecule has 0 spiro atoms. The number of hydrogen-bond acceptors (Lipinski definition) is 15. The Hall–Kier alpha value is -6.71. The van der Waals surface area contributed by atoms with Crippen molar-refractivity contribution in [2.24, 2.45) is 0 Å². The minimum atomic E-state index is -1.74. The van der Waals surface area contributed by atoms with Gasteiger partial charge < -0.3 is 70.4 Å². The lowest BCUT2D eigenvalue weighted by Gasteiger charge is -2.42. The van der Waals surface area contributed by atoms with Crippen LogP contribution in [0, 0.1) is 0 Å². The van der Waals surface area contributed by atoms with Crippen LogP contribution in [-0.2, 0) is 11.2 Å². The van der Waals surface area contributed by atoms with E-state index in [9.17, 15) is 61.0 Å². The number of esters is 1. The summed E-state index contributed by atoms with van der Waals surface area (Å²) >= 11 is 0. The van der Waals surface area contributed by atoms with Crippen LogP contribution in [0.25, 0.3) is 0 Å². The molecule has 0 aliphatic carbocycles. The lowest BCUT2D eigenvalue weighted by Crippen LogP contribution is -2.37. The van der Waals surface area contributed by atoms with Crippen LogP contribution in [0.3, 0.4) is 0 Å². The zero-order chi connectivity index (χ0) is 38.3. The molecule has 0 radical (unpaired) electrons. The second kappa shape index (κ2) is 12.5. The molecule has 3 aliphatic heterocycles. The standard InChI is InChI=1S/C39H32O15/c40-19-4-1-14(7-23(19)44)17-11-30(50)52-29-13-27(48)33-34(35(51)37(54-39(33)31(17)29)16-3-6-21(42)25(46)9-16)32-26(47)12-22(43)18-10-28(49)36(53-38(18)32)15-2-5-20(41)24(45)8-15/h1-9,12-13,17,28,34-37,40-49,51H,10-11H2/t17-,28-,34-,35+,36+,37+/m0/s1. The fourth-order valence-electron chi connectivity index (χ4n) is 7.66. The first-order valence-electron chi connectivity index (χ1n) is 16.6. The number of ether oxygens (including phenoxy) is 3. The van der Waals surface area contributed by atoms with Crippen LogP contribution in [0.1, 0.15) is 69.4 Å². The average Bonchev–Trinajstić information content (AvgIpc) is 3.12. The Labute approximate surface area is 304 Å². The molecule has 15 heteroatoms. The summed E-state index contributed by atoms with van der Waals surface area (Å²) in [4.78, 5) is 12.9. The van der Waals surface area contributed by atoms with Crippen LogP contribution < -0.4 is 14.2 Å². The van der Waals surface area contributed by atoms with E-state index in [-0.39, 0.29) is 63.5 Å². The van der Waals surface area contributed by atoms with Gasteiger partial charge in [-0.05, 0) is 53.1 Å². The van der Waals surface area contributed by atoms with Crippen molar-refractivity contribution in [2.75, 3.05) is 0 Å². The fraction of sp³-hybridized carbons (Fsp3) is 0.205. The molecule has 0 unspecified atom stereocenters. The molecule has 5 aromatic rings. The molecule has 0 amide bonds. The van der Waals surface area contributed by atoms with Crippen LogP contribution in [0.5, 0.6) is 69.0 Å². The zero-order valence-corrected chi connectivity index (χ0v) is 27.8. The van der Waals surface area contributed by atoms with E-state index in [1.807, 2.05) is 0 Å². The summed E-state index contributed by atoms with van der Waals surface area (Å²) in [5, 5.41) is 119. The molecule has 15 nitrogen and oxygen atoms in total. The molecule has 11 N–H and O–H groups in total. The third-order valence-corrected chi connectivity index (χ3v) is 10.2. The van der Waals surface area contributed by atoms with Gasteiger partial charge in [0.15, 0.2) is 40.6 Å². The number of benzene rings is 5. The molecule has 3 aliphatic rings. The number of hydrogen-bond donors (Lipinski definition) is 11. The Bertz CT molecular complexity index is 2370. The first kappa shape index (κ1) is 34.4. The number of aliphatic hydroxyl groups excluding tert-OH is 2. The monoisotopic (exact) mass is 740 g/mol. The lowest BCUT2D eigenvalue weighted by molar-refractivity contribution is -0.135. The zero-order valence-electron chi connectivity index (χ0n) is 27.8. The Morgan fingerprint density at radius 2 is 1.02 bits per heavy atom. The largest absolute Gasteiger partial charge is 0.507 e. The highest BCUT2D eigenvalue weighted by Crippen LogP contribution is 2.60. The smallest absolute Gasteiger partial charge is 0.312 e. The van der Waals surface area contributed by atoms with Crippen molar-refractivity contribution in [1.29, 1.82) is 0 Å². The molecule has 0 bridgehead atoms. The number of aromatic hydroxyl groups is 9. The van der Waals surface area contributed by atoms with Gasteiger partial charge in [-0.15, -0.1) is 0 Å². The van der Waals surface area contributed by atoms with Crippen molar-refractivity contribution in [3.8, 4) is 69.0 Å². The first-order valence-corrected chi connectivity index (χ1v) is 16.6. The van der Waals surface area contributed by atoms with E-state index in [0.717, 1.165) is 24.3 Å². The molecule has 0 aromatic heterocycles. The number of carbonyl (C=O) groups is 1. The molecule has 0 saturated carbocycles. The lowest BCUT2D eigenvalue weighted by atomic mass is 9.74. The number of phenols is 9. The molecule has 0 saturated heterocycles. The number of aliphatic hydroxyl groups is 2. The summed E-state index contributed by atoms with van der Waals surface area (Å²) in [6, 6.07) is 13.5. The summed E-state index contributed by atoms with van der Waals surface area (Å²) in [5.74, 6) is -8.07. The maximum absolute atomic E-state index is 12.9. The van der Waals surface area contributed by atoms with Crippen molar-refractivity contribution >= 4 is 5.97 Å². The maximum Gasteiger partial charge on any atom is 0.312 e. The summed E-state index contributed by atoms with van der Waals surface area (Å²) in [7, 11) is 0. The molecule has 6 atom stereocenters. The quantitative estimate of drug-likeness (QED) is 0.0702. The summed E-state index contributed by atoms with van der Waals surface area (Å²) < 4.78 is 18.3. The number of carbonyl (C=O) groups excluding carboxylic acids is 1. The summed E-state index contributed by atoms with van der Waals surface area (Å²) in [6.45, 7) is 0. The average molecular weight is 741 g/mol. The Kier molecular flexibility index (Phi) is 7.93. The van der Waals surface area contributed by atoms with Gasteiger partial charge in [-0.1, -0.05) is 18.2 Å². The van der Waals surface area contributed by atoms with Gasteiger partial charge >= 0.3 is 5.97 Å². The van der Waals surface area contributed by atoms with Crippen LogP contribution >= 0.6 is 0 Å². The van der Waals surface area contributed by atoms with E-state index in [2.05, 4.69) is 0 Å². The molecule has 54 heavy (non-hydrogen) atoms. The van der Waals surface area contributed by atoms with Crippen molar-refractivity contribution in [3.63, 3.8) is 0 Å². The number of fused-ring (bicyclic) bond motifs is 4. The Morgan fingerprint density at radius 3 is 1.63 bits per heavy atom. The summed E-state index contributed by atoms with van der Waals surface area (Å²) in [5.41, 5.74) is 0.580. The molecule has 3 heterocycles. The van der Waals surface area contributed by atoms with Gasteiger partial charge in [0, 0.05) is 46.7 Å². The predicted octanol–water partition coefficient (Wildman–Crippen LogP) is 4.14. The highest BCUT2D eigenvalue weighted by Gasteiger charge is 2.49. The Morgan fingerprint density at radius 1 is 0.500 bits per heavy atom. The molecule has 5 aromatic carbocycles. The first-order chi connectivity index (χ1) is 25.7. The molecular weight excluding hydrogens is 708 g/mol. The number of rotatable bonds is 4. The SMILES string of the molecule is O=C1C[C@@H](c2ccc(O)c(O)c2)c2c(cc(O)c3c2O[C@H](c2ccc(O)c(O)c2)[C@H](O)[C@H]3c2c(O)cc(O)c3c2O[C@H](c2ccc(O)c(O)c2)[C@@H](O)C3)O1. The van der Waals surface area contributed by atoms with Crippen LogP contribution in [0.4, 0.5) is 0 Å². The second-order valence-electron chi connectivity index (χ2n) is 13.5. The van der Waals surface area contributed by atoms with E-state index >= 15 is 0 Å². The third kappa shape index (κ3) is 5.40. The van der Waals surface area contributed by atoms with Gasteiger partial charge in [-0.25, -0.2) is 0 Å². The highest BCUT2D eigenvalue weighted by atomic mass is 16.5. The van der Waals surface area contributed by atoms with Crippen molar-refractivity contribution < 1.29 is 75.2 Å². The van der Waals surface area contributed by atoms with E-state index < -0.39 is 94.0 Å². The van der Waals surface area contributed by atoms with Crippen LogP contribution in [0.15, 0.2) is 66.7 Å². The minimum absolute atomic E-state index is 0.0254. The topological polar surface area (TPSA) is 267 Å². The van der Waals surface area contributed by atoms with Gasteiger partial charge in [0.05, 0.1) is 18.4 Å².